The zero-order valence-electron chi connectivity index (χ0n) is 18.8. The summed E-state index contributed by atoms with van der Waals surface area (Å²) in [6, 6.07) is 2.36. The molecule has 4 N–H and O–H groups in total. The van der Waals surface area contributed by atoms with E-state index in [1.54, 1.807) is 6.07 Å². The van der Waals surface area contributed by atoms with E-state index in [1.165, 1.54) is 6.20 Å². The number of primary amides is 1. The number of halogens is 4. The third-order valence-electron chi connectivity index (χ3n) is 4.99. The van der Waals surface area contributed by atoms with Crippen LogP contribution < -0.4 is 25.8 Å². The number of amides is 1. The first kappa shape index (κ1) is 27.3. The van der Waals surface area contributed by atoms with Crippen molar-refractivity contribution in [2.45, 2.75) is 25.9 Å². The van der Waals surface area contributed by atoms with Crippen molar-refractivity contribution in [3.05, 3.63) is 30.3 Å². The van der Waals surface area contributed by atoms with Crippen molar-refractivity contribution in [3.63, 3.8) is 0 Å². The number of carbonyl (C=O) groups is 1. The number of hydrogen-bond donors (Lipinski definition) is 2. The quantitative estimate of drug-likeness (QED) is 0.428. The fourth-order valence-electron chi connectivity index (χ4n) is 3.35. The molecule has 1 aliphatic rings. The van der Waals surface area contributed by atoms with Crippen molar-refractivity contribution in [2.75, 3.05) is 42.3 Å². The molecule has 188 valence electrons. The molecule has 1 amide bonds. The molecule has 1 aliphatic heterocycles. The van der Waals surface area contributed by atoms with E-state index in [0.29, 0.717) is 11.4 Å². The first-order chi connectivity index (χ1) is 16.0. The van der Waals surface area contributed by atoms with E-state index in [9.17, 15) is 17.6 Å². The Labute approximate surface area is 199 Å². The van der Waals surface area contributed by atoms with Gasteiger partial charge in [-0.2, -0.15) is 24.9 Å². The van der Waals surface area contributed by atoms with Gasteiger partial charge in [-0.3, -0.25) is 4.79 Å². The van der Waals surface area contributed by atoms with Gasteiger partial charge in [0.15, 0.2) is 12.4 Å². The second-order valence-electron chi connectivity index (χ2n) is 7.96. The van der Waals surface area contributed by atoms with Gasteiger partial charge >= 0.3 is 6.18 Å². The van der Waals surface area contributed by atoms with E-state index in [-0.39, 0.29) is 23.6 Å². The number of alkyl halides is 3. The number of anilines is 2. The highest BCUT2D eigenvalue weighted by Gasteiger charge is 2.30. The SMILES string of the molecule is CN(CC1(C)CCSCC1)c1cc(Oc2ncc(F)cc2OCC(F)(F)F)ncc1N.NC=O. The summed E-state index contributed by atoms with van der Waals surface area (Å²) in [4.78, 5) is 18.4. The molecule has 13 heteroatoms. The van der Waals surface area contributed by atoms with E-state index in [4.69, 9.17) is 15.3 Å². The molecular formula is C21H27F4N5O3S. The predicted octanol–water partition coefficient (Wildman–Crippen LogP) is 4.00. The summed E-state index contributed by atoms with van der Waals surface area (Å²) >= 11 is 1.95. The Morgan fingerprint density at radius 3 is 2.50 bits per heavy atom. The first-order valence-electron chi connectivity index (χ1n) is 10.2. The maximum Gasteiger partial charge on any atom is 0.422 e. The number of thioether (sulfide) groups is 1. The lowest BCUT2D eigenvalue weighted by Gasteiger charge is -2.37. The summed E-state index contributed by atoms with van der Waals surface area (Å²) in [5.74, 6) is 0.625. The summed E-state index contributed by atoms with van der Waals surface area (Å²) in [5, 5.41) is 0. The Kier molecular flexibility index (Phi) is 9.59. The third kappa shape index (κ3) is 8.43. The zero-order chi connectivity index (χ0) is 25.4. The summed E-state index contributed by atoms with van der Waals surface area (Å²) in [5.41, 5.74) is 11.5. The second-order valence-corrected chi connectivity index (χ2v) is 9.18. The van der Waals surface area contributed by atoms with E-state index in [1.807, 2.05) is 23.7 Å². The first-order valence-corrected chi connectivity index (χ1v) is 11.3. The predicted molar refractivity (Wildman–Crippen MR) is 123 cm³/mol. The average molecular weight is 506 g/mol. The van der Waals surface area contributed by atoms with Crippen LogP contribution in [0.25, 0.3) is 0 Å². The number of nitrogens with two attached hydrogens (primary N) is 2. The van der Waals surface area contributed by atoms with Crippen LogP contribution in [0.1, 0.15) is 19.8 Å². The van der Waals surface area contributed by atoms with Crippen LogP contribution in [-0.4, -0.2) is 54.3 Å². The van der Waals surface area contributed by atoms with Gasteiger partial charge in [-0.25, -0.2) is 14.4 Å². The van der Waals surface area contributed by atoms with Gasteiger partial charge in [-0.15, -0.1) is 0 Å². The van der Waals surface area contributed by atoms with Gasteiger partial charge in [0, 0.05) is 25.7 Å². The van der Waals surface area contributed by atoms with Crippen LogP contribution in [0.15, 0.2) is 24.5 Å². The van der Waals surface area contributed by atoms with E-state index < -0.39 is 24.3 Å². The molecule has 2 aromatic heterocycles. The van der Waals surface area contributed by atoms with Gasteiger partial charge in [0.1, 0.15) is 5.82 Å². The van der Waals surface area contributed by atoms with Crippen LogP contribution in [0.3, 0.4) is 0 Å². The standard InChI is InChI=1S/C20H24F4N4O2S.CH3NO/c1-19(3-5-31-6-4-19)11-28(2)15-8-17(26-10-14(15)25)30-18-16(7-13(21)9-27-18)29-12-20(22,23)24;2-1-3/h7-10H,3-6,11-12,25H2,1-2H3;1H,(H2,2,3). The second kappa shape index (κ2) is 12.0. The van der Waals surface area contributed by atoms with Crippen LogP contribution in [0.4, 0.5) is 28.9 Å². The smallest absolute Gasteiger partial charge is 0.422 e. The van der Waals surface area contributed by atoms with Gasteiger partial charge < -0.3 is 25.8 Å². The monoisotopic (exact) mass is 505 g/mol. The summed E-state index contributed by atoms with van der Waals surface area (Å²) in [7, 11) is 1.91. The van der Waals surface area contributed by atoms with Crippen LogP contribution in [0, 0.1) is 11.2 Å². The average Bonchev–Trinajstić information content (AvgIpc) is 2.75. The van der Waals surface area contributed by atoms with Crippen molar-refractivity contribution in [2.24, 2.45) is 11.1 Å². The van der Waals surface area contributed by atoms with Crippen molar-refractivity contribution in [3.8, 4) is 17.5 Å². The molecule has 34 heavy (non-hydrogen) atoms. The van der Waals surface area contributed by atoms with Crippen LogP contribution in [0.2, 0.25) is 0 Å². The molecular weight excluding hydrogens is 478 g/mol. The summed E-state index contributed by atoms with van der Waals surface area (Å²) < 4.78 is 61.1. The number of rotatable bonds is 7. The Morgan fingerprint density at radius 1 is 1.24 bits per heavy atom. The molecule has 0 aliphatic carbocycles. The highest BCUT2D eigenvalue weighted by atomic mass is 32.2. The number of carbonyl (C=O) groups excluding carboxylic acids is 1. The Morgan fingerprint density at radius 2 is 1.88 bits per heavy atom. The van der Waals surface area contributed by atoms with Crippen LogP contribution in [0.5, 0.6) is 17.5 Å². The van der Waals surface area contributed by atoms with Gasteiger partial charge in [0.05, 0.1) is 23.8 Å². The lowest BCUT2D eigenvalue weighted by atomic mass is 9.83. The number of hydrogen-bond acceptors (Lipinski definition) is 8. The van der Waals surface area contributed by atoms with Crippen molar-refractivity contribution in [1.82, 2.24) is 9.97 Å². The number of nitrogens with zero attached hydrogens (tertiary/aromatic N) is 3. The lowest BCUT2D eigenvalue weighted by molar-refractivity contribution is -0.153. The molecule has 0 bridgehead atoms. The fraction of sp³-hybridized carbons (Fsp3) is 0.476. The molecule has 0 spiro atoms. The number of nitrogen functional groups attached to an aromatic ring is 1. The third-order valence-corrected chi connectivity index (χ3v) is 5.98. The summed E-state index contributed by atoms with van der Waals surface area (Å²) in [6.07, 6.45) is 0.0696. The molecule has 1 saturated heterocycles. The van der Waals surface area contributed by atoms with Crippen molar-refractivity contribution >= 4 is 29.5 Å². The highest BCUT2D eigenvalue weighted by Crippen LogP contribution is 2.38. The molecule has 2 aromatic rings. The van der Waals surface area contributed by atoms with E-state index >= 15 is 0 Å². The zero-order valence-corrected chi connectivity index (χ0v) is 19.6. The fourth-order valence-corrected chi connectivity index (χ4v) is 4.83. The van der Waals surface area contributed by atoms with E-state index in [2.05, 4.69) is 27.4 Å². The molecule has 0 aromatic carbocycles. The van der Waals surface area contributed by atoms with Gasteiger partial charge in [-0.1, -0.05) is 6.92 Å². The Bertz CT molecular complexity index is 958. The molecule has 0 radical (unpaired) electrons. The molecule has 8 nitrogen and oxygen atoms in total. The topological polar surface area (TPSA) is 117 Å². The molecule has 0 unspecified atom stereocenters. The largest absolute Gasteiger partial charge is 0.478 e. The molecule has 3 rings (SSSR count). The minimum atomic E-state index is -4.59. The van der Waals surface area contributed by atoms with Crippen LogP contribution >= 0.6 is 11.8 Å². The van der Waals surface area contributed by atoms with Gasteiger partial charge in [0.2, 0.25) is 12.3 Å². The maximum atomic E-state index is 13.5. The maximum absolute atomic E-state index is 13.5. The number of ether oxygens (including phenoxy) is 2. The molecule has 3 heterocycles. The van der Waals surface area contributed by atoms with Gasteiger partial charge in [0.25, 0.3) is 5.88 Å². The van der Waals surface area contributed by atoms with Crippen LogP contribution in [-0.2, 0) is 4.79 Å². The highest BCUT2D eigenvalue weighted by molar-refractivity contribution is 7.99. The normalized spacial score (nSPS) is 15.0. The summed E-state index contributed by atoms with van der Waals surface area (Å²) in [6.45, 7) is 1.41. The number of pyridine rings is 2. The van der Waals surface area contributed by atoms with Crippen molar-refractivity contribution < 1.29 is 31.8 Å². The van der Waals surface area contributed by atoms with E-state index in [0.717, 1.165) is 43.2 Å². The molecule has 1 fully saturated rings. The van der Waals surface area contributed by atoms with Crippen molar-refractivity contribution in [1.29, 1.82) is 0 Å². The van der Waals surface area contributed by atoms with Gasteiger partial charge in [-0.05, 0) is 29.8 Å². The molecule has 0 atom stereocenters. The molecule has 0 saturated carbocycles. The lowest BCUT2D eigenvalue weighted by Crippen LogP contribution is -2.36. The minimum absolute atomic E-state index is 0.0522. The number of aromatic nitrogens is 2. The minimum Gasteiger partial charge on any atom is -0.478 e. The Hall–Kier alpha value is -2.96. The Balaban J connectivity index is 0.00000129.